The highest BCUT2D eigenvalue weighted by Crippen LogP contribution is 2.28. The van der Waals surface area contributed by atoms with Gasteiger partial charge in [0.05, 0.1) is 0 Å². The van der Waals surface area contributed by atoms with Gasteiger partial charge in [-0.3, -0.25) is 0 Å². The summed E-state index contributed by atoms with van der Waals surface area (Å²) in [6.07, 6.45) is 5.45. The fourth-order valence-corrected chi connectivity index (χ4v) is 2.91. The molecule has 2 aromatic rings. The van der Waals surface area contributed by atoms with Crippen LogP contribution in [0.1, 0.15) is 18.9 Å². The van der Waals surface area contributed by atoms with Gasteiger partial charge in [-0.1, -0.05) is 35.9 Å². The first-order valence-electron chi connectivity index (χ1n) is 7.21. The first-order chi connectivity index (χ1) is 9.79. The normalized spacial score (nSPS) is 15.5. The number of pyridine rings is 1. The van der Waals surface area contributed by atoms with Crippen molar-refractivity contribution in [2.75, 3.05) is 25.0 Å². The molecule has 0 unspecified atom stereocenters. The van der Waals surface area contributed by atoms with Crippen molar-refractivity contribution in [1.29, 1.82) is 0 Å². The molecule has 0 saturated heterocycles. The third-order valence-electron chi connectivity index (χ3n) is 3.86. The molecular weight excluding hydrogens is 246 g/mol. The zero-order valence-electron chi connectivity index (χ0n) is 12.2. The predicted molar refractivity (Wildman–Crippen MR) is 85.1 cm³/mol. The summed E-state index contributed by atoms with van der Waals surface area (Å²) >= 11 is 0. The summed E-state index contributed by atoms with van der Waals surface area (Å²) in [5, 5.41) is 5.78. The van der Waals surface area contributed by atoms with E-state index in [4.69, 9.17) is 4.98 Å². The molecule has 3 rings (SSSR count). The van der Waals surface area contributed by atoms with Crippen molar-refractivity contribution in [2.24, 2.45) is 0 Å². The smallest absolute Gasteiger partial charge is 0.136 e. The van der Waals surface area contributed by atoms with Crippen LogP contribution in [0, 0.1) is 0 Å². The lowest BCUT2D eigenvalue weighted by Crippen LogP contribution is -2.30. The van der Waals surface area contributed by atoms with Crippen LogP contribution in [-0.4, -0.2) is 25.1 Å². The van der Waals surface area contributed by atoms with Crippen LogP contribution in [0.2, 0.25) is 0 Å². The van der Waals surface area contributed by atoms with Gasteiger partial charge < -0.3 is 10.2 Å². The molecule has 0 bridgehead atoms. The maximum Gasteiger partial charge on any atom is 0.136 e. The molecule has 1 aliphatic heterocycles. The number of hydrogen-bond acceptors (Lipinski definition) is 3. The number of nitrogens with one attached hydrogen (secondary N) is 1. The minimum atomic E-state index is 0.854. The fraction of sp³-hybridized carbons (Fsp3) is 0.353. The van der Waals surface area contributed by atoms with Gasteiger partial charge in [0, 0.05) is 31.2 Å². The van der Waals surface area contributed by atoms with Crippen molar-refractivity contribution >= 4 is 16.6 Å². The van der Waals surface area contributed by atoms with E-state index in [9.17, 15) is 0 Å². The van der Waals surface area contributed by atoms with Crippen LogP contribution in [0.4, 0.5) is 5.82 Å². The van der Waals surface area contributed by atoms with Gasteiger partial charge in [-0.2, -0.15) is 0 Å². The van der Waals surface area contributed by atoms with E-state index in [1.165, 1.54) is 21.9 Å². The van der Waals surface area contributed by atoms with E-state index in [0.29, 0.717) is 0 Å². The number of hydrogen-bond donors (Lipinski definition) is 1. The van der Waals surface area contributed by atoms with Crippen LogP contribution in [0.15, 0.2) is 42.1 Å². The summed E-state index contributed by atoms with van der Waals surface area (Å²) in [7, 11) is 1.97. The molecule has 3 nitrogen and oxygen atoms in total. The lowest BCUT2D eigenvalue weighted by atomic mass is 10.1. The van der Waals surface area contributed by atoms with E-state index in [0.717, 1.165) is 31.9 Å². The van der Waals surface area contributed by atoms with Crippen molar-refractivity contribution in [3.8, 4) is 0 Å². The number of nitrogens with zero attached hydrogens (tertiary/aromatic N) is 2. The van der Waals surface area contributed by atoms with Gasteiger partial charge in [0.1, 0.15) is 5.82 Å². The van der Waals surface area contributed by atoms with Gasteiger partial charge in [-0.25, -0.2) is 4.98 Å². The molecule has 0 aliphatic carbocycles. The molecule has 104 valence electrons. The number of fused-ring (bicyclic) bond motifs is 1. The topological polar surface area (TPSA) is 28.2 Å². The quantitative estimate of drug-likeness (QED) is 0.866. The van der Waals surface area contributed by atoms with Gasteiger partial charge in [-0.15, -0.1) is 0 Å². The summed E-state index contributed by atoms with van der Waals surface area (Å²) in [4.78, 5) is 7.13. The first kappa shape index (κ1) is 13.1. The van der Waals surface area contributed by atoms with Crippen LogP contribution in [0.5, 0.6) is 0 Å². The highest BCUT2D eigenvalue weighted by Gasteiger charge is 2.15. The molecule has 1 N–H and O–H groups in total. The van der Waals surface area contributed by atoms with E-state index in [-0.39, 0.29) is 0 Å². The van der Waals surface area contributed by atoms with Crippen LogP contribution < -0.4 is 10.2 Å². The van der Waals surface area contributed by atoms with Crippen molar-refractivity contribution in [3.63, 3.8) is 0 Å². The average Bonchev–Trinajstić information content (AvgIpc) is 2.48. The number of anilines is 1. The molecule has 1 aromatic heterocycles. The van der Waals surface area contributed by atoms with Crippen molar-refractivity contribution in [3.05, 3.63) is 47.7 Å². The Morgan fingerprint density at radius 1 is 1.25 bits per heavy atom. The van der Waals surface area contributed by atoms with Gasteiger partial charge in [0.2, 0.25) is 0 Å². The maximum atomic E-state index is 4.74. The second-order valence-electron chi connectivity index (χ2n) is 5.44. The predicted octanol–water partition coefficient (Wildman–Crippen LogP) is 3.11. The number of aromatic nitrogens is 1. The Hall–Kier alpha value is -1.87. The molecule has 3 heteroatoms. The highest BCUT2D eigenvalue weighted by atomic mass is 15.2. The molecule has 1 aliphatic rings. The molecule has 0 saturated carbocycles. The molecule has 0 fully saturated rings. The Bertz CT molecular complexity index is 646. The Morgan fingerprint density at radius 2 is 2.05 bits per heavy atom. The monoisotopic (exact) mass is 267 g/mol. The Labute approximate surface area is 120 Å². The molecule has 0 radical (unpaired) electrons. The molecular formula is C17H21N3. The molecule has 2 heterocycles. The minimum absolute atomic E-state index is 0.854. The first-order valence-corrected chi connectivity index (χ1v) is 7.21. The average molecular weight is 267 g/mol. The lowest BCUT2D eigenvalue weighted by molar-refractivity contribution is 0.778. The van der Waals surface area contributed by atoms with Gasteiger partial charge in [0.15, 0.2) is 0 Å². The van der Waals surface area contributed by atoms with Crippen molar-refractivity contribution in [2.45, 2.75) is 19.9 Å². The summed E-state index contributed by atoms with van der Waals surface area (Å²) in [6, 6.07) is 8.58. The van der Waals surface area contributed by atoms with Crippen LogP contribution in [0.3, 0.4) is 0 Å². The lowest BCUT2D eigenvalue weighted by Gasteiger charge is -2.28. The summed E-state index contributed by atoms with van der Waals surface area (Å²) in [5.41, 5.74) is 2.69. The Balaban J connectivity index is 2.08. The van der Waals surface area contributed by atoms with Crippen molar-refractivity contribution < 1.29 is 0 Å². The SMILES string of the molecule is CNCc1cnc(N2CCC=C(C)C2)c2ccccc12. The second kappa shape index (κ2) is 5.63. The van der Waals surface area contributed by atoms with Crippen LogP contribution in [-0.2, 0) is 6.54 Å². The zero-order chi connectivity index (χ0) is 13.9. The molecule has 0 atom stereocenters. The molecule has 1 aromatic carbocycles. The number of benzene rings is 1. The Morgan fingerprint density at radius 3 is 2.80 bits per heavy atom. The Kier molecular flexibility index (Phi) is 3.70. The highest BCUT2D eigenvalue weighted by molar-refractivity contribution is 5.94. The van der Waals surface area contributed by atoms with Gasteiger partial charge in [0.25, 0.3) is 0 Å². The second-order valence-corrected chi connectivity index (χ2v) is 5.44. The van der Waals surface area contributed by atoms with E-state index >= 15 is 0 Å². The summed E-state index contributed by atoms with van der Waals surface area (Å²) in [6.45, 7) is 5.10. The standard InChI is InChI=1S/C17H21N3/c1-13-6-5-9-20(12-13)17-16-8-4-3-7-15(16)14(10-18-2)11-19-17/h3-4,6-8,11,18H,5,9-10,12H2,1-2H3. The minimum Gasteiger partial charge on any atom is -0.352 e. The molecule has 0 amide bonds. The van der Waals surface area contributed by atoms with Gasteiger partial charge in [-0.05, 0) is 31.3 Å². The van der Waals surface area contributed by atoms with E-state index < -0.39 is 0 Å². The van der Waals surface area contributed by atoms with Gasteiger partial charge >= 0.3 is 0 Å². The van der Waals surface area contributed by atoms with Crippen molar-refractivity contribution in [1.82, 2.24) is 10.3 Å². The summed E-state index contributed by atoms with van der Waals surface area (Å²) < 4.78 is 0. The molecule has 0 spiro atoms. The molecule has 20 heavy (non-hydrogen) atoms. The largest absolute Gasteiger partial charge is 0.352 e. The van der Waals surface area contributed by atoms with E-state index in [1.807, 2.05) is 13.2 Å². The van der Waals surface area contributed by atoms with E-state index in [2.05, 4.69) is 47.5 Å². The third-order valence-corrected chi connectivity index (χ3v) is 3.86. The van der Waals surface area contributed by atoms with Crippen LogP contribution >= 0.6 is 0 Å². The zero-order valence-corrected chi connectivity index (χ0v) is 12.2. The summed E-state index contributed by atoms with van der Waals surface area (Å²) in [5.74, 6) is 1.12. The third kappa shape index (κ3) is 2.41. The van der Waals surface area contributed by atoms with E-state index in [1.54, 1.807) is 0 Å². The number of rotatable bonds is 3. The maximum absolute atomic E-state index is 4.74. The van der Waals surface area contributed by atoms with Crippen LogP contribution in [0.25, 0.3) is 10.8 Å². The fourth-order valence-electron chi connectivity index (χ4n) is 2.91.